The van der Waals surface area contributed by atoms with Crippen LogP contribution in [0.15, 0.2) is 29.4 Å². The summed E-state index contributed by atoms with van der Waals surface area (Å²) in [6.07, 6.45) is 1.60. The quantitative estimate of drug-likeness (QED) is 0.830. The van der Waals surface area contributed by atoms with E-state index in [0.717, 1.165) is 10.6 Å². The first kappa shape index (κ1) is 14.6. The summed E-state index contributed by atoms with van der Waals surface area (Å²) in [6.45, 7) is 6.15. The molecule has 0 aliphatic rings. The summed E-state index contributed by atoms with van der Waals surface area (Å²) in [7, 11) is 0. The van der Waals surface area contributed by atoms with Crippen LogP contribution in [-0.4, -0.2) is 27.1 Å². The fraction of sp³-hybridized carbons (Fsp3) is 0.357. The molecular formula is C14H18N4OS. The van der Waals surface area contributed by atoms with Gasteiger partial charge in [-0.1, -0.05) is 30.0 Å². The van der Waals surface area contributed by atoms with E-state index in [4.69, 9.17) is 0 Å². The second-order valence-electron chi connectivity index (χ2n) is 4.73. The Balaban J connectivity index is 1.88. The SMILES string of the molecule is Cc1ccc([C@H](C)NC(=O)CSc2cn[nH]n2)cc1C. The summed E-state index contributed by atoms with van der Waals surface area (Å²) in [6, 6.07) is 6.25. The van der Waals surface area contributed by atoms with Crippen LogP contribution < -0.4 is 5.32 Å². The molecule has 0 spiro atoms. The van der Waals surface area contributed by atoms with Crippen LogP contribution in [0.3, 0.4) is 0 Å². The first-order valence-electron chi connectivity index (χ1n) is 6.41. The van der Waals surface area contributed by atoms with Gasteiger partial charge in [-0.3, -0.25) is 4.79 Å². The molecule has 1 aromatic heterocycles. The van der Waals surface area contributed by atoms with Crippen LogP contribution in [0.25, 0.3) is 0 Å². The van der Waals surface area contributed by atoms with Gasteiger partial charge >= 0.3 is 0 Å². The molecule has 20 heavy (non-hydrogen) atoms. The van der Waals surface area contributed by atoms with Gasteiger partial charge in [0, 0.05) is 0 Å². The summed E-state index contributed by atoms with van der Waals surface area (Å²) in [4.78, 5) is 11.9. The second-order valence-corrected chi connectivity index (χ2v) is 5.73. The lowest BCUT2D eigenvalue weighted by molar-refractivity contribution is -0.119. The number of thioether (sulfide) groups is 1. The molecule has 0 saturated carbocycles. The Hall–Kier alpha value is -1.82. The zero-order valence-corrected chi connectivity index (χ0v) is 12.6. The number of aromatic amines is 1. The second kappa shape index (κ2) is 6.56. The van der Waals surface area contributed by atoms with Gasteiger partial charge in [-0.2, -0.15) is 10.3 Å². The van der Waals surface area contributed by atoms with Crippen molar-refractivity contribution in [1.29, 1.82) is 0 Å². The topological polar surface area (TPSA) is 70.7 Å². The molecule has 5 nitrogen and oxygen atoms in total. The third-order valence-corrected chi connectivity index (χ3v) is 4.05. The average molecular weight is 290 g/mol. The average Bonchev–Trinajstić information content (AvgIpc) is 2.92. The minimum absolute atomic E-state index is 0.000270. The van der Waals surface area contributed by atoms with Gasteiger partial charge in [0.15, 0.2) is 0 Å². The maximum Gasteiger partial charge on any atom is 0.230 e. The number of benzene rings is 1. The number of aromatic nitrogens is 3. The van der Waals surface area contributed by atoms with E-state index in [9.17, 15) is 4.79 Å². The summed E-state index contributed by atoms with van der Waals surface area (Å²) >= 11 is 1.36. The van der Waals surface area contributed by atoms with Gasteiger partial charge < -0.3 is 5.32 Å². The molecule has 1 heterocycles. The molecular weight excluding hydrogens is 272 g/mol. The normalized spacial score (nSPS) is 12.2. The number of hydrogen-bond donors (Lipinski definition) is 2. The minimum atomic E-state index is -0.0104. The van der Waals surface area contributed by atoms with Gasteiger partial charge in [0.05, 0.1) is 18.0 Å². The number of amides is 1. The van der Waals surface area contributed by atoms with E-state index in [-0.39, 0.29) is 11.9 Å². The van der Waals surface area contributed by atoms with E-state index >= 15 is 0 Å². The molecule has 1 atom stereocenters. The lowest BCUT2D eigenvalue weighted by atomic mass is 10.0. The number of H-pyrrole nitrogens is 1. The molecule has 0 bridgehead atoms. The Labute approximate surface area is 122 Å². The molecule has 0 saturated heterocycles. The van der Waals surface area contributed by atoms with Crippen LogP contribution in [0.2, 0.25) is 0 Å². The molecule has 2 N–H and O–H groups in total. The predicted molar refractivity (Wildman–Crippen MR) is 79.6 cm³/mol. The number of aryl methyl sites for hydroxylation is 2. The van der Waals surface area contributed by atoms with Crippen LogP contribution in [0.4, 0.5) is 0 Å². The Morgan fingerprint density at radius 3 is 2.85 bits per heavy atom. The Bertz CT molecular complexity index is 583. The molecule has 0 aliphatic heterocycles. The van der Waals surface area contributed by atoms with E-state index in [1.54, 1.807) is 6.20 Å². The highest BCUT2D eigenvalue weighted by Crippen LogP contribution is 2.17. The standard InChI is InChI=1S/C14H18N4OS/c1-9-4-5-12(6-10(9)2)11(3)16-13(19)8-20-14-7-15-18-17-14/h4-7,11H,8H2,1-3H3,(H,16,19)(H,15,17,18)/t11-/m0/s1. The van der Waals surface area contributed by atoms with Gasteiger partial charge in [-0.25, -0.2) is 0 Å². The van der Waals surface area contributed by atoms with E-state index in [0.29, 0.717) is 5.75 Å². The van der Waals surface area contributed by atoms with Crippen molar-refractivity contribution in [1.82, 2.24) is 20.7 Å². The largest absolute Gasteiger partial charge is 0.349 e. The molecule has 2 aromatic rings. The van der Waals surface area contributed by atoms with Gasteiger partial charge in [0.1, 0.15) is 5.03 Å². The number of carbonyl (C=O) groups is 1. The summed E-state index contributed by atoms with van der Waals surface area (Å²) < 4.78 is 0. The molecule has 1 aromatic carbocycles. The van der Waals surface area contributed by atoms with E-state index in [2.05, 4.69) is 52.8 Å². The lowest BCUT2D eigenvalue weighted by Gasteiger charge is -2.15. The Morgan fingerprint density at radius 2 is 2.20 bits per heavy atom. The van der Waals surface area contributed by atoms with Crippen molar-refractivity contribution in [3.05, 3.63) is 41.1 Å². The summed E-state index contributed by atoms with van der Waals surface area (Å²) in [5.74, 6) is 0.325. The van der Waals surface area contributed by atoms with Gasteiger partial charge in [-0.15, -0.1) is 5.10 Å². The number of carbonyl (C=O) groups excluding carboxylic acids is 1. The summed E-state index contributed by atoms with van der Waals surface area (Å²) in [5.41, 5.74) is 3.61. The monoisotopic (exact) mass is 290 g/mol. The Morgan fingerprint density at radius 1 is 1.40 bits per heavy atom. The fourth-order valence-corrected chi connectivity index (χ4v) is 2.40. The van der Waals surface area contributed by atoms with Crippen molar-refractivity contribution in [3.8, 4) is 0 Å². The highest BCUT2D eigenvalue weighted by molar-refractivity contribution is 7.99. The van der Waals surface area contributed by atoms with E-state index in [1.165, 1.54) is 22.9 Å². The third-order valence-electron chi connectivity index (χ3n) is 3.15. The van der Waals surface area contributed by atoms with Crippen LogP contribution in [0.5, 0.6) is 0 Å². The lowest BCUT2D eigenvalue weighted by Crippen LogP contribution is -2.28. The molecule has 0 radical (unpaired) electrons. The number of nitrogens with zero attached hydrogens (tertiary/aromatic N) is 2. The molecule has 2 rings (SSSR count). The van der Waals surface area contributed by atoms with Gasteiger partial charge in [0.25, 0.3) is 0 Å². The van der Waals surface area contributed by atoms with Crippen LogP contribution >= 0.6 is 11.8 Å². The Kier molecular flexibility index (Phi) is 4.79. The van der Waals surface area contributed by atoms with Crippen LogP contribution in [0, 0.1) is 13.8 Å². The first-order valence-corrected chi connectivity index (χ1v) is 7.40. The van der Waals surface area contributed by atoms with E-state index < -0.39 is 0 Å². The van der Waals surface area contributed by atoms with Crippen molar-refractivity contribution >= 4 is 17.7 Å². The molecule has 1 amide bonds. The van der Waals surface area contributed by atoms with Crippen molar-refractivity contribution in [3.63, 3.8) is 0 Å². The van der Waals surface area contributed by atoms with Crippen LogP contribution in [0.1, 0.15) is 29.7 Å². The van der Waals surface area contributed by atoms with Crippen molar-refractivity contribution in [2.24, 2.45) is 0 Å². The zero-order valence-electron chi connectivity index (χ0n) is 11.8. The smallest absolute Gasteiger partial charge is 0.230 e. The van der Waals surface area contributed by atoms with Crippen molar-refractivity contribution < 1.29 is 4.79 Å². The number of hydrogen-bond acceptors (Lipinski definition) is 4. The van der Waals surface area contributed by atoms with Crippen molar-refractivity contribution in [2.45, 2.75) is 31.8 Å². The zero-order chi connectivity index (χ0) is 14.5. The maximum absolute atomic E-state index is 11.9. The molecule has 0 unspecified atom stereocenters. The molecule has 106 valence electrons. The van der Waals surface area contributed by atoms with Crippen molar-refractivity contribution in [2.75, 3.05) is 5.75 Å². The predicted octanol–water partition coefficient (Wildman–Crippen LogP) is 2.39. The maximum atomic E-state index is 11.9. The third kappa shape index (κ3) is 3.84. The molecule has 0 aliphatic carbocycles. The van der Waals surface area contributed by atoms with Gasteiger partial charge in [-0.05, 0) is 37.5 Å². The number of rotatable bonds is 5. The molecule has 0 fully saturated rings. The van der Waals surface area contributed by atoms with E-state index in [1.807, 2.05) is 6.92 Å². The fourth-order valence-electron chi connectivity index (χ4n) is 1.80. The van der Waals surface area contributed by atoms with Crippen LogP contribution in [-0.2, 0) is 4.79 Å². The highest BCUT2D eigenvalue weighted by atomic mass is 32.2. The highest BCUT2D eigenvalue weighted by Gasteiger charge is 2.11. The summed E-state index contributed by atoms with van der Waals surface area (Å²) in [5, 5.41) is 13.8. The molecule has 6 heteroatoms. The van der Waals surface area contributed by atoms with Gasteiger partial charge in [0.2, 0.25) is 5.91 Å². The first-order chi connectivity index (χ1) is 9.56. The number of nitrogens with one attached hydrogen (secondary N) is 2. The minimum Gasteiger partial charge on any atom is -0.349 e.